The lowest BCUT2D eigenvalue weighted by Crippen LogP contribution is -2.39. The number of carbonyl (C=O) groups is 1. The van der Waals surface area contributed by atoms with Crippen molar-refractivity contribution in [3.8, 4) is 0 Å². The fraction of sp³-hybridized carbons (Fsp3) is 0.360. The number of benzene rings is 2. The predicted octanol–water partition coefficient (Wildman–Crippen LogP) is 5.85. The molecule has 0 fully saturated rings. The topological polar surface area (TPSA) is 44.4 Å². The van der Waals surface area contributed by atoms with E-state index >= 15 is 0 Å². The van der Waals surface area contributed by atoms with E-state index in [1.165, 1.54) is 31.4 Å². The van der Waals surface area contributed by atoms with E-state index in [-0.39, 0.29) is 6.54 Å². The lowest BCUT2D eigenvalue weighted by atomic mass is 10.1. The van der Waals surface area contributed by atoms with Crippen LogP contribution in [0.5, 0.6) is 0 Å². The molecule has 0 unspecified atom stereocenters. The number of carboxylic acids is 1. The summed E-state index contributed by atoms with van der Waals surface area (Å²) in [5.41, 5.74) is 3.35. The van der Waals surface area contributed by atoms with Crippen molar-refractivity contribution in [1.82, 2.24) is 0 Å². The predicted molar refractivity (Wildman–Crippen MR) is 127 cm³/mol. The number of carboxylic acid groups (broad SMARTS) is 1. The molecule has 5 heteroatoms. The van der Waals surface area contributed by atoms with Crippen molar-refractivity contribution >= 4 is 45.4 Å². The van der Waals surface area contributed by atoms with Crippen LogP contribution in [0.4, 0.5) is 5.69 Å². The van der Waals surface area contributed by atoms with Crippen molar-refractivity contribution in [2.24, 2.45) is 0 Å². The monoisotopic (exact) mass is 423 g/mol. The van der Waals surface area contributed by atoms with Crippen molar-refractivity contribution in [3.05, 3.63) is 59.1 Å². The van der Waals surface area contributed by atoms with Crippen molar-refractivity contribution in [3.63, 3.8) is 0 Å². The number of thiazole rings is 1. The minimum atomic E-state index is -0.832. The number of aromatic nitrogens is 1. The molecule has 1 N–H and O–H groups in total. The Morgan fingerprint density at radius 3 is 2.30 bits per heavy atom. The van der Waals surface area contributed by atoms with Crippen molar-refractivity contribution in [2.75, 3.05) is 18.0 Å². The van der Waals surface area contributed by atoms with Crippen LogP contribution in [-0.4, -0.2) is 24.2 Å². The molecular formula is C25H31N2O2S+. The normalized spacial score (nSPS) is 11.4. The van der Waals surface area contributed by atoms with Gasteiger partial charge in [0.2, 0.25) is 12.1 Å². The second kappa shape index (κ2) is 10.9. The summed E-state index contributed by atoms with van der Waals surface area (Å²) in [6.07, 6.45) is 8.91. The van der Waals surface area contributed by atoms with Crippen LogP contribution in [0.3, 0.4) is 0 Å². The Labute approximate surface area is 183 Å². The summed E-state index contributed by atoms with van der Waals surface area (Å²) in [5, 5.41) is 10.3. The first kappa shape index (κ1) is 22.0. The highest BCUT2D eigenvalue weighted by Gasteiger charge is 2.20. The van der Waals surface area contributed by atoms with E-state index in [0.29, 0.717) is 0 Å². The second-order valence-corrected chi connectivity index (χ2v) is 8.57. The second-order valence-electron chi connectivity index (χ2n) is 7.51. The molecule has 0 bridgehead atoms. The van der Waals surface area contributed by atoms with E-state index in [2.05, 4.69) is 49.1 Å². The van der Waals surface area contributed by atoms with E-state index in [4.69, 9.17) is 0 Å². The van der Waals surface area contributed by atoms with Crippen LogP contribution in [0.15, 0.2) is 48.5 Å². The average molecular weight is 424 g/mol. The van der Waals surface area contributed by atoms with E-state index in [1.807, 2.05) is 34.9 Å². The van der Waals surface area contributed by atoms with Gasteiger partial charge in [0.05, 0.1) is 0 Å². The molecular weight excluding hydrogens is 392 g/mol. The van der Waals surface area contributed by atoms with Crippen LogP contribution in [0.2, 0.25) is 0 Å². The van der Waals surface area contributed by atoms with Gasteiger partial charge in [-0.25, -0.2) is 4.79 Å². The zero-order valence-corrected chi connectivity index (χ0v) is 18.7. The number of aliphatic carboxylic acids is 1. The number of anilines is 1. The summed E-state index contributed by atoms with van der Waals surface area (Å²) in [5.74, 6) is -0.832. The molecule has 0 aliphatic heterocycles. The molecule has 1 heterocycles. The third-order valence-electron chi connectivity index (χ3n) is 5.17. The molecule has 2 aromatic carbocycles. The van der Waals surface area contributed by atoms with Crippen molar-refractivity contribution in [1.29, 1.82) is 0 Å². The Kier molecular flexibility index (Phi) is 8.03. The molecule has 3 aromatic rings. The molecule has 1 aromatic heterocycles. The standard InChI is InChI=1S/C25H30N2O2S/c1-3-5-17-26(18-6-4-2)21-14-11-20(12-15-21)13-16-24-27(19-25(28)29)22-9-7-8-10-23(22)30-24/h7-16H,3-6,17-19H2,1-2H3/p+1. The largest absolute Gasteiger partial charge is 0.477 e. The molecule has 30 heavy (non-hydrogen) atoms. The van der Waals surface area contributed by atoms with Gasteiger partial charge in [-0.05, 0) is 42.7 Å². The number of unbranched alkanes of at least 4 members (excludes halogenated alkanes) is 2. The molecule has 0 aliphatic rings. The van der Waals surface area contributed by atoms with Crippen LogP contribution in [0, 0.1) is 0 Å². The lowest BCUT2D eigenvalue weighted by molar-refractivity contribution is -0.657. The molecule has 0 saturated heterocycles. The van der Waals surface area contributed by atoms with Gasteiger partial charge in [0, 0.05) is 30.9 Å². The highest BCUT2D eigenvalue weighted by Crippen LogP contribution is 2.23. The van der Waals surface area contributed by atoms with E-state index in [0.717, 1.165) is 33.9 Å². The van der Waals surface area contributed by atoms with Gasteiger partial charge in [-0.2, -0.15) is 4.57 Å². The molecule has 4 nitrogen and oxygen atoms in total. The Morgan fingerprint density at radius 2 is 1.67 bits per heavy atom. The summed E-state index contributed by atoms with van der Waals surface area (Å²) in [4.78, 5) is 13.8. The Balaban J connectivity index is 1.80. The van der Waals surface area contributed by atoms with Gasteiger partial charge in [-0.3, -0.25) is 0 Å². The average Bonchev–Trinajstić information content (AvgIpc) is 3.10. The molecule has 158 valence electrons. The maximum atomic E-state index is 11.3. The van der Waals surface area contributed by atoms with Gasteiger partial charge in [-0.15, -0.1) is 0 Å². The first-order valence-corrected chi connectivity index (χ1v) is 11.6. The Hall–Kier alpha value is -2.66. The van der Waals surface area contributed by atoms with Crippen molar-refractivity contribution in [2.45, 2.75) is 46.1 Å². The number of para-hydroxylation sites is 1. The van der Waals surface area contributed by atoms with Crippen molar-refractivity contribution < 1.29 is 14.5 Å². The van der Waals surface area contributed by atoms with Crippen LogP contribution in [0.25, 0.3) is 22.4 Å². The van der Waals surface area contributed by atoms with Crippen LogP contribution in [-0.2, 0) is 11.3 Å². The first-order chi connectivity index (χ1) is 14.6. The lowest BCUT2D eigenvalue weighted by Gasteiger charge is -2.24. The number of hydrogen-bond donors (Lipinski definition) is 1. The van der Waals surface area contributed by atoms with Crippen LogP contribution in [0.1, 0.15) is 50.1 Å². The summed E-state index contributed by atoms with van der Waals surface area (Å²) in [7, 11) is 0. The Bertz CT molecular complexity index is 984. The van der Waals surface area contributed by atoms with Crippen LogP contribution < -0.4 is 9.47 Å². The highest BCUT2D eigenvalue weighted by atomic mass is 32.1. The van der Waals surface area contributed by atoms with E-state index in [9.17, 15) is 9.90 Å². The molecule has 0 atom stereocenters. The van der Waals surface area contributed by atoms with Gasteiger partial charge < -0.3 is 10.0 Å². The third-order valence-corrected chi connectivity index (χ3v) is 6.30. The molecule has 0 saturated carbocycles. The van der Waals surface area contributed by atoms with Crippen LogP contribution >= 0.6 is 11.3 Å². The minimum absolute atomic E-state index is 0.0353. The van der Waals surface area contributed by atoms with E-state index < -0.39 is 5.97 Å². The fourth-order valence-electron chi connectivity index (χ4n) is 3.51. The van der Waals surface area contributed by atoms with E-state index in [1.54, 1.807) is 11.3 Å². The van der Waals surface area contributed by atoms with Gasteiger partial charge in [0.25, 0.3) is 5.01 Å². The molecule has 0 amide bonds. The fourth-order valence-corrected chi connectivity index (χ4v) is 4.57. The SMILES string of the molecule is CCCCN(CCCC)c1ccc(C=Cc2sc3ccccc3[n+]2CC(=O)O)cc1. The summed E-state index contributed by atoms with van der Waals surface area (Å²) < 4.78 is 2.96. The summed E-state index contributed by atoms with van der Waals surface area (Å²) in [6.45, 7) is 6.63. The first-order valence-electron chi connectivity index (χ1n) is 10.8. The number of hydrogen-bond acceptors (Lipinski definition) is 3. The maximum absolute atomic E-state index is 11.3. The summed E-state index contributed by atoms with van der Waals surface area (Å²) in [6, 6.07) is 16.6. The smallest absolute Gasteiger partial charge is 0.370 e. The molecule has 0 aliphatic carbocycles. The minimum Gasteiger partial charge on any atom is -0.477 e. The Morgan fingerprint density at radius 1 is 1.00 bits per heavy atom. The molecule has 0 spiro atoms. The maximum Gasteiger partial charge on any atom is 0.370 e. The van der Waals surface area contributed by atoms with Gasteiger partial charge in [0.15, 0.2) is 0 Å². The van der Waals surface area contributed by atoms with Gasteiger partial charge in [0.1, 0.15) is 4.70 Å². The number of nitrogens with zero attached hydrogens (tertiary/aromatic N) is 2. The third kappa shape index (κ3) is 5.70. The quantitative estimate of drug-likeness (QED) is 0.393. The highest BCUT2D eigenvalue weighted by molar-refractivity contribution is 7.18. The number of rotatable bonds is 11. The number of fused-ring (bicyclic) bond motifs is 1. The zero-order valence-electron chi connectivity index (χ0n) is 17.9. The van der Waals surface area contributed by atoms with Gasteiger partial charge >= 0.3 is 5.97 Å². The summed E-state index contributed by atoms with van der Waals surface area (Å²) >= 11 is 1.62. The molecule has 3 rings (SSSR count). The zero-order chi connectivity index (χ0) is 21.3. The molecule has 0 radical (unpaired) electrons. The van der Waals surface area contributed by atoms with Gasteiger partial charge in [-0.1, -0.05) is 62.3 Å².